The van der Waals surface area contributed by atoms with E-state index in [-0.39, 0.29) is 23.0 Å². The molecule has 3 aromatic carbocycles. The summed E-state index contributed by atoms with van der Waals surface area (Å²) in [4.78, 5) is 36.1. The molecule has 3 aromatic rings. The van der Waals surface area contributed by atoms with Crippen LogP contribution in [0.2, 0.25) is 10.0 Å². The minimum absolute atomic E-state index is 0.194. The van der Waals surface area contributed by atoms with Gasteiger partial charge in [-0.15, -0.1) is 0 Å². The van der Waals surface area contributed by atoms with Gasteiger partial charge in [0.15, 0.2) is 0 Å². The van der Waals surface area contributed by atoms with Gasteiger partial charge in [0.1, 0.15) is 5.75 Å². The van der Waals surface area contributed by atoms with Crippen LogP contribution in [-0.4, -0.2) is 30.5 Å². The number of hydrogen-bond acceptors (Lipinski definition) is 5. The number of hydrogen-bond donors (Lipinski definition) is 2. The number of esters is 1. The number of hydrazone groups is 1. The third-order valence-corrected chi connectivity index (χ3v) is 5.18. The van der Waals surface area contributed by atoms with Crippen LogP contribution in [0, 0.1) is 0 Å². The lowest BCUT2D eigenvalue weighted by Crippen LogP contribution is -2.34. The molecule has 10 heteroatoms. The lowest BCUT2D eigenvalue weighted by Gasteiger charge is -2.06. The van der Waals surface area contributed by atoms with Crippen molar-refractivity contribution < 1.29 is 19.1 Å². The van der Waals surface area contributed by atoms with Crippen molar-refractivity contribution in [3.05, 3.63) is 97.9 Å². The number of ether oxygens (including phenoxy) is 1. The highest BCUT2D eigenvalue weighted by atomic mass is 79.9. The van der Waals surface area contributed by atoms with Crippen molar-refractivity contribution in [1.82, 2.24) is 10.7 Å². The molecule has 0 radical (unpaired) electrons. The SMILES string of the molecule is O=C(CNC(=O)c1cccc(Br)c1)N/N=C\c1ccc(OC(=O)c2ccc(Cl)cc2Cl)cc1. The molecular weight excluding hydrogens is 533 g/mol. The topological polar surface area (TPSA) is 96.9 Å². The zero-order chi connectivity index (χ0) is 23.8. The fourth-order valence-corrected chi connectivity index (χ4v) is 3.43. The van der Waals surface area contributed by atoms with E-state index in [4.69, 9.17) is 27.9 Å². The Morgan fingerprint density at radius 3 is 2.45 bits per heavy atom. The van der Waals surface area contributed by atoms with Crippen LogP contribution in [0.5, 0.6) is 5.75 Å². The molecule has 0 aromatic heterocycles. The van der Waals surface area contributed by atoms with E-state index >= 15 is 0 Å². The first-order chi connectivity index (χ1) is 15.8. The molecule has 0 heterocycles. The minimum Gasteiger partial charge on any atom is -0.423 e. The van der Waals surface area contributed by atoms with Crippen LogP contribution in [0.3, 0.4) is 0 Å². The molecule has 0 saturated carbocycles. The highest BCUT2D eigenvalue weighted by Gasteiger charge is 2.13. The van der Waals surface area contributed by atoms with Gasteiger partial charge in [0.25, 0.3) is 11.8 Å². The molecule has 0 aliphatic carbocycles. The number of nitrogens with zero attached hydrogens (tertiary/aromatic N) is 1. The zero-order valence-electron chi connectivity index (χ0n) is 16.8. The number of halogens is 3. The third kappa shape index (κ3) is 7.42. The van der Waals surface area contributed by atoms with E-state index < -0.39 is 11.9 Å². The highest BCUT2D eigenvalue weighted by molar-refractivity contribution is 9.10. The summed E-state index contributed by atoms with van der Waals surface area (Å²) in [5.41, 5.74) is 3.60. The van der Waals surface area contributed by atoms with Gasteiger partial charge < -0.3 is 10.1 Å². The molecular formula is C23H16BrCl2N3O4. The van der Waals surface area contributed by atoms with Crippen molar-refractivity contribution in [2.75, 3.05) is 6.54 Å². The number of carbonyl (C=O) groups excluding carboxylic acids is 3. The molecule has 33 heavy (non-hydrogen) atoms. The van der Waals surface area contributed by atoms with Crippen LogP contribution in [-0.2, 0) is 4.79 Å². The molecule has 0 fully saturated rings. The zero-order valence-corrected chi connectivity index (χ0v) is 19.9. The molecule has 0 bridgehead atoms. The van der Waals surface area contributed by atoms with Gasteiger partial charge in [0.05, 0.1) is 23.3 Å². The van der Waals surface area contributed by atoms with E-state index in [9.17, 15) is 14.4 Å². The fraction of sp³-hybridized carbons (Fsp3) is 0.0435. The summed E-state index contributed by atoms with van der Waals surface area (Å²) >= 11 is 15.1. The Labute approximate surface area is 207 Å². The van der Waals surface area contributed by atoms with E-state index in [2.05, 4.69) is 31.8 Å². The lowest BCUT2D eigenvalue weighted by molar-refractivity contribution is -0.120. The van der Waals surface area contributed by atoms with Gasteiger partial charge >= 0.3 is 5.97 Å². The second-order valence-electron chi connectivity index (χ2n) is 6.57. The van der Waals surface area contributed by atoms with Crippen molar-refractivity contribution >= 4 is 63.1 Å². The molecule has 0 unspecified atom stereocenters. The summed E-state index contributed by atoms with van der Waals surface area (Å²) in [6.45, 7) is -0.231. The van der Waals surface area contributed by atoms with Gasteiger partial charge in [-0.2, -0.15) is 5.10 Å². The number of carbonyl (C=O) groups is 3. The maximum absolute atomic E-state index is 12.2. The largest absolute Gasteiger partial charge is 0.423 e. The maximum atomic E-state index is 12.2. The first kappa shape index (κ1) is 24.4. The first-order valence-electron chi connectivity index (χ1n) is 9.45. The van der Waals surface area contributed by atoms with Crippen LogP contribution in [0.25, 0.3) is 0 Å². The van der Waals surface area contributed by atoms with Gasteiger partial charge in [-0.25, -0.2) is 10.2 Å². The van der Waals surface area contributed by atoms with Crippen molar-refractivity contribution in [1.29, 1.82) is 0 Å². The standard InChI is InChI=1S/C23H16BrCl2N3O4/c24-16-3-1-2-15(10-16)22(31)27-13-21(30)29-28-12-14-4-7-18(8-5-14)33-23(32)19-9-6-17(25)11-20(19)26/h1-12H,13H2,(H,27,31)(H,29,30)/b28-12-. The molecule has 7 nitrogen and oxygen atoms in total. The molecule has 0 atom stereocenters. The Balaban J connectivity index is 1.47. The van der Waals surface area contributed by atoms with Crippen LogP contribution in [0.15, 0.2) is 76.3 Å². The van der Waals surface area contributed by atoms with Gasteiger partial charge in [-0.3, -0.25) is 9.59 Å². The Kier molecular flexibility index (Phi) is 8.59. The van der Waals surface area contributed by atoms with E-state index in [1.165, 1.54) is 18.3 Å². The predicted molar refractivity (Wildman–Crippen MR) is 130 cm³/mol. The van der Waals surface area contributed by atoms with Crippen LogP contribution < -0.4 is 15.5 Å². The Bertz CT molecular complexity index is 1220. The van der Waals surface area contributed by atoms with Crippen molar-refractivity contribution in [2.45, 2.75) is 0 Å². The third-order valence-electron chi connectivity index (χ3n) is 4.14. The van der Waals surface area contributed by atoms with E-state index in [1.807, 2.05) is 0 Å². The Morgan fingerprint density at radius 2 is 1.76 bits per heavy atom. The summed E-state index contributed by atoms with van der Waals surface area (Å²) in [5, 5.41) is 6.96. The van der Waals surface area contributed by atoms with E-state index in [0.717, 1.165) is 4.47 Å². The quantitative estimate of drug-likeness (QED) is 0.191. The second-order valence-corrected chi connectivity index (χ2v) is 8.33. The van der Waals surface area contributed by atoms with Gasteiger partial charge in [0, 0.05) is 15.1 Å². The lowest BCUT2D eigenvalue weighted by atomic mass is 10.2. The average Bonchev–Trinajstić information content (AvgIpc) is 2.78. The summed E-state index contributed by atoms with van der Waals surface area (Å²) in [6, 6.07) is 17.7. The molecule has 0 saturated heterocycles. The van der Waals surface area contributed by atoms with Crippen LogP contribution in [0.4, 0.5) is 0 Å². The minimum atomic E-state index is -0.616. The van der Waals surface area contributed by atoms with Crippen molar-refractivity contribution in [2.24, 2.45) is 5.10 Å². The normalized spacial score (nSPS) is 10.6. The molecule has 2 amide bonds. The highest BCUT2D eigenvalue weighted by Crippen LogP contribution is 2.23. The monoisotopic (exact) mass is 547 g/mol. The van der Waals surface area contributed by atoms with Crippen LogP contribution in [0.1, 0.15) is 26.3 Å². The van der Waals surface area contributed by atoms with Gasteiger partial charge in [0.2, 0.25) is 0 Å². The number of benzene rings is 3. The molecule has 0 aliphatic heterocycles. The Hall–Kier alpha value is -3.20. The fourth-order valence-electron chi connectivity index (χ4n) is 2.55. The number of amides is 2. The van der Waals surface area contributed by atoms with E-state index in [0.29, 0.717) is 21.9 Å². The smallest absolute Gasteiger partial charge is 0.345 e. The maximum Gasteiger partial charge on any atom is 0.345 e. The predicted octanol–water partition coefficient (Wildman–Crippen LogP) is 4.86. The molecule has 168 valence electrons. The first-order valence-corrected chi connectivity index (χ1v) is 11.0. The second kappa shape index (κ2) is 11.6. The average molecular weight is 549 g/mol. The number of rotatable bonds is 7. The van der Waals surface area contributed by atoms with Crippen molar-refractivity contribution in [3.63, 3.8) is 0 Å². The molecule has 0 aliphatic rings. The summed E-state index contributed by atoms with van der Waals surface area (Å²) < 4.78 is 6.06. The summed E-state index contributed by atoms with van der Waals surface area (Å²) in [5.74, 6) is -1.17. The van der Waals surface area contributed by atoms with Crippen molar-refractivity contribution in [3.8, 4) is 5.75 Å². The summed E-state index contributed by atoms with van der Waals surface area (Å²) in [7, 11) is 0. The Morgan fingerprint density at radius 1 is 1.00 bits per heavy atom. The van der Waals surface area contributed by atoms with Gasteiger partial charge in [-0.1, -0.05) is 45.2 Å². The summed E-state index contributed by atoms with van der Waals surface area (Å²) in [6.07, 6.45) is 1.41. The molecule has 3 rings (SSSR count). The van der Waals surface area contributed by atoms with Crippen LogP contribution >= 0.6 is 39.1 Å². The molecule has 0 spiro atoms. The van der Waals surface area contributed by atoms with Gasteiger partial charge in [-0.05, 0) is 66.2 Å². The number of nitrogens with one attached hydrogen (secondary N) is 2. The van der Waals surface area contributed by atoms with E-state index in [1.54, 1.807) is 54.6 Å². The molecule has 2 N–H and O–H groups in total.